The Labute approximate surface area is 106 Å². The van der Waals surface area contributed by atoms with Crippen LogP contribution in [-0.4, -0.2) is 21.7 Å². The molecule has 1 amide bonds. The topological polar surface area (TPSA) is 64.1 Å². The maximum absolute atomic E-state index is 11.5. The first-order chi connectivity index (χ1) is 7.81. The lowest BCUT2D eigenvalue weighted by atomic mass is 10.2. The summed E-state index contributed by atoms with van der Waals surface area (Å²) in [7, 11) is 0. The summed E-state index contributed by atoms with van der Waals surface area (Å²) in [4.78, 5) is 19.5. The van der Waals surface area contributed by atoms with Gasteiger partial charge in [-0.1, -0.05) is 0 Å². The number of rotatable bonds is 2. The fraction of sp³-hybridized carbons (Fsp3) is 0.545. The molecule has 0 saturated carbocycles. The number of anilines is 1. The molecule has 6 heteroatoms. The first-order valence-electron chi connectivity index (χ1n) is 5.20. The number of carbonyl (C=O) groups excluding carboxylic acids is 1. The van der Waals surface area contributed by atoms with Crippen LogP contribution in [0.3, 0.4) is 0 Å². The van der Waals surface area contributed by atoms with Crippen LogP contribution >= 0.6 is 11.6 Å². The van der Waals surface area contributed by atoms with Crippen LogP contribution in [-0.2, 0) is 10.6 Å². The largest absolute Gasteiger partial charge is 0.444 e. The van der Waals surface area contributed by atoms with Crippen molar-refractivity contribution in [3.05, 3.63) is 17.5 Å². The Balaban J connectivity index is 2.69. The van der Waals surface area contributed by atoms with E-state index in [-0.39, 0.29) is 5.95 Å². The Morgan fingerprint density at radius 3 is 2.65 bits per heavy atom. The van der Waals surface area contributed by atoms with E-state index >= 15 is 0 Å². The normalized spacial score (nSPS) is 11.1. The standard InChI is InChI=1S/C11H16ClN3O2/c1-7-8(5-12)6-13-9(14-7)15-10(16)17-11(2,3)4/h6H,5H2,1-4H3,(H,13,14,15,16). The summed E-state index contributed by atoms with van der Waals surface area (Å²) in [6.07, 6.45) is 1.01. The maximum atomic E-state index is 11.5. The molecule has 1 N–H and O–H groups in total. The second kappa shape index (κ2) is 5.31. The summed E-state index contributed by atoms with van der Waals surface area (Å²) in [5.74, 6) is 0.559. The number of halogens is 1. The summed E-state index contributed by atoms with van der Waals surface area (Å²) >= 11 is 5.69. The predicted molar refractivity (Wildman–Crippen MR) is 66.2 cm³/mol. The summed E-state index contributed by atoms with van der Waals surface area (Å²) < 4.78 is 5.08. The third kappa shape index (κ3) is 4.56. The van der Waals surface area contributed by atoms with Crippen LogP contribution in [0.4, 0.5) is 10.7 Å². The van der Waals surface area contributed by atoms with Gasteiger partial charge < -0.3 is 4.74 Å². The number of aryl methyl sites for hydroxylation is 1. The summed E-state index contributed by atoms with van der Waals surface area (Å²) in [5.41, 5.74) is 1.03. The van der Waals surface area contributed by atoms with Crippen molar-refractivity contribution in [1.82, 2.24) is 9.97 Å². The Morgan fingerprint density at radius 1 is 1.53 bits per heavy atom. The highest BCUT2D eigenvalue weighted by Gasteiger charge is 2.17. The summed E-state index contributed by atoms with van der Waals surface area (Å²) in [5, 5.41) is 2.46. The van der Waals surface area contributed by atoms with Gasteiger partial charge in [-0.05, 0) is 27.7 Å². The molecule has 0 saturated heterocycles. The molecule has 0 bridgehead atoms. The van der Waals surface area contributed by atoms with Gasteiger partial charge in [0.15, 0.2) is 0 Å². The molecule has 1 heterocycles. The van der Waals surface area contributed by atoms with E-state index in [0.717, 1.165) is 11.3 Å². The molecule has 0 aliphatic rings. The van der Waals surface area contributed by atoms with E-state index in [4.69, 9.17) is 16.3 Å². The third-order valence-corrected chi connectivity index (χ3v) is 2.13. The first kappa shape index (κ1) is 13.7. The van der Waals surface area contributed by atoms with Gasteiger partial charge in [0.2, 0.25) is 5.95 Å². The number of aromatic nitrogens is 2. The lowest BCUT2D eigenvalue weighted by Gasteiger charge is -2.19. The van der Waals surface area contributed by atoms with Gasteiger partial charge in [0.05, 0.1) is 5.88 Å². The fourth-order valence-electron chi connectivity index (χ4n) is 1.08. The number of alkyl halides is 1. The lowest BCUT2D eigenvalue weighted by molar-refractivity contribution is 0.0634. The lowest BCUT2D eigenvalue weighted by Crippen LogP contribution is -2.27. The molecule has 0 radical (unpaired) electrons. The fourth-order valence-corrected chi connectivity index (χ4v) is 1.34. The van der Waals surface area contributed by atoms with Gasteiger partial charge in [-0.25, -0.2) is 14.8 Å². The van der Waals surface area contributed by atoms with Gasteiger partial charge >= 0.3 is 6.09 Å². The average Bonchev–Trinajstić information content (AvgIpc) is 2.14. The molecule has 94 valence electrons. The van der Waals surface area contributed by atoms with Crippen LogP contribution in [0.5, 0.6) is 0 Å². The van der Waals surface area contributed by atoms with Crippen molar-refractivity contribution < 1.29 is 9.53 Å². The Bertz CT molecular complexity index is 416. The minimum Gasteiger partial charge on any atom is -0.444 e. The molecule has 0 atom stereocenters. The van der Waals surface area contributed by atoms with Gasteiger partial charge in [0, 0.05) is 17.5 Å². The minimum absolute atomic E-state index is 0.214. The van der Waals surface area contributed by atoms with Crippen molar-refractivity contribution in [3.63, 3.8) is 0 Å². The van der Waals surface area contributed by atoms with Crippen molar-refractivity contribution in [3.8, 4) is 0 Å². The Hall–Kier alpha value is -1.36. The van der Waals surface area contributed by atoms with Gasteiger partial charge in [-0.3, -0.25) is 5.32 Å². The van der Waals surface area contributed by atoms with Crippen LogP contribution < -0.4 is 5.32 Å². The number of carbonyl (C=O) groups is 1. The number of hydrogen-bond acceptors (Lipinski definition) is 4. The van der Waals surface area contributed by atoms with E-state index in [9.17, 15) is 4.79 Å². The predicted octanol–water partition coefficient (Wildman–Crippen LogP) is 2.87. The molecular weight excluding hydrogens is 242 g/mol. The molecular formula is C11H16ClN3O2. The Morgan fingerprint density at radius 2 is 2.18 bits per heavy atom. The maximum Gasteiger partial charge on any atom is 0.414 e. The molecule has 5 nitrogen and oxygen atoms in total. The van der Waals surface area contributed by atoms with Crippen molar-refractivity contribution in [2.45, 2.75) is 39.2 Å². The van der Waals surface area contributed by atoms with Crippen molar-refractivity contribution >= 4 is 23.6 Å². The summed E-state index contributed by atoms with van der Waals surface area (Å²) in [6, 6.07) is 0. The highest BCUT2D eigenvalue weighted by atomic mass is 35.5. The monoisotopic (exact) mass is 257 g/mol. The number of amides is 1. The zero-order valence-corrected chi connectivity index (χ0v) is 11.1. The zero-order valence-electron chi connectivity index (χ0n) is 10.4. The molecule has 17 heavy (non-hydrogen) atoms. The van der Waals surface area contributed by atoms with Crippen LogP contribution in [0, 0.1) is 6.92 Å². The number of nitrogens with one attached hydrogen (secondary N) is 1. The molecule has 1 aromatic rings. The molecule has 1 aromatic heterocycles. The molecule has 0 aromatic carbocycles. The second-order valence-corrected chi connectivity index (χ2v) is 4.83. The molecule has 0 aliphatic heterocycles. The van der Waals surface area contributed by atoms with E-state index < -0.39 is 11.7 Å². The zero-order chi connectivity index (χ0) is 13.1. The quantitative estimate of drug-likeness (QED) is 0.828. The van der Waals surface area contributed by atoms with Gasteiger partial charge in [-0.2, -0.15) is 0 Å². The molecule has 0 unspecified atom stereocenters. The SMILES string of the molecule is Cc1nc(NC(=O)OC(C)(C)C)ncc1CCl. The van der Waals surface area contributed by atoms with E-state index in [2.05, 4.69) is 15.3 Å². The van der Waals surface area contributed by atoms with Gasteiger partial charge in [0.1, 0.15) is 5.60 Å². The van der Waals surface area contributed by atoms with E-state index in [0.29, 0.717) is 5.88 Å². The highest BCUT2D eigenvalue weighted by Crippen LogP contribution is 2.11. The van der Waals surface area contributed by atoms with Crippen LogP contribution in [0.2, 0.25) is 0 Å². The summed E-state index contributed by atoms with van der Waals surface area (Å²) in [6.45, 7) is 7.17. The highest BCUT2D eigenvalue weighted by molar-refractivity contribution is 6.17. The van der Waals surface area contributed by atoms with E-state index in [1.807, 2.05) is 0 Å². The second-order valence-electron chi connectivity index (χ2n) is 4.56. The van der Waals surface area contributed by atoms with Crippen LogP contribution in [0.25, 0.3) is 0 Å². The number of nitrogens with zero attached hydrogens (tertiary/aromatic N) is 2. The third-order valence-electron chi connectivity index (χ3n) is 1.84. The molecule has 0 fully saturated rings. The number of ether oxygens (including phenoxy) is 1. The molecule has 0 aliphatic carbocycles. The van der Waals surface area contributed by atoms with E-state index in [1.54, 1.807) is 33.9 Å². The first-order valence-corrected chi connectivity index (χ1v) is 5.74. The number of hydrogen-bond donors (Lipinski definition) is 1. The molecule has 0 spiro atoms. The van der Waals surface area contributed by atoms with E-state index in [1.165, 1.54) is 0 Å². The van der Waals surface area contributed by atoms with Crippen LogP contribution in [0.1, 0.15) is 32.0 Å². The molecule has 1 rings (SSSR count). The van der Waals surface area contributed by atoms with Gasteiger partial charge in [-0.15, -0.1) is 11.6 Å². The smallest absolute Gasteiger partial charge is 0.414 e. The van der Waals surface area contributed by atoms with Crippen molar-refractivity contribution in [1.29, 1.82) is 0 Å². The average molecular weight is 258 g/mol. The minimum atomic E-state index is -0.574. The van der Waals surface area contributed by atoms with Crippen LogP contribution in [0.15, 0.2) is 6.20 Å². The van der Waals surface area contributed by atoms with Gasteiger partial charge in [0.25, 0.3) is 0 Å². The Kier molecular flexibility index (Phi) is 4.28. The van der Waals surface area contributed by atoms with Crippen molar-refractivity contribution in [2.75, 3.05) is 5.32 Å². The van der Waals surface area contributed by atoms with Crippen molar-refractivity contribution in [2.24, 2.45) is 0 Å².